The SMILES string of the molecule is COc1cc(C[n+]2ccn(C[C@]3(c4ccc(Cl)cc4Cl)OC[C@H](CCOc4ccc(N5CCN(C(C)=O)CC5)cc4)O3)c2)ccc1OC(C)=O. The van der Waals surface area contributed by atoms with E-state index < -0.39 is 11.8 Å². The largest absolute Gasteiger partial charge is 0.493 e. The number of methoxy groups -OCH3 is 1. The highest BCUT2D eigenvalue weighted by Gasteiger charge is 2.46. The van der Waals surface area contributed by atoms with Crippen molar-refractivity contribution in [3.05, 3.63) is 101 Å². The molecule has 0 radical (unpaired) electrons. The minimum atomic E-state index is -1.15. The van der Waals surface area contributed by atoms with Crippen LogP contribution in [0.2, 0.25) is 10.0 Å². The van der Waals surface area contributed by atoms with Crippen LogP contribution < -0.4 is 23.7 Å². The molecular formula is C37H41Cl2N4O7+. The highest BCUT2D eigenvalue weighted by molar-refractivity contribution is 6.35. The molecule has 2 saturated heterocycles. The third-order valence-corrected chi connectivity index (χ3v) is 9.37. The van der Waals surface area contributed by atoms with Crippen LogP contribution in [0, 0.1) is 0 Å². The topological polar surface area (TPSA) is 95.6 Å². The fourth-order valence-electron chi connectivity index (χ4n) is 6.28. The molecule has 6 rings (SSSR count). The van der Waals surface area contributed by atoms with E-state index in [2.05, 4.69) is 17.0 Å². The molecule has 0 unspecified atom stereocenters. The van der Waals surface area contributed by atoms with Crippen LogP contribution in [0.1, 0.15) is 31.4 Å². The number of rotatable bonds is 12. The minimum Gasteiger partial charge on any atom is -0.493 e. The van der Waals surface area contributed by atoms with Crippen LogP contribution in [0.5, 0.6) is 17.2 Å². The second-order valence-electron chi connectivity index (χ2n) is 12.4. The first kappa shape index (κ1) is 35.5. The van der Waals surface area contributed by atoms with Crippen LogP contribution in [0.4, 0.5) is 5.69 Å². The number of piperazine rings is 1. The monoisotopic (exact) mass is 723 g/mol. The van der Waals surface area contributed by atoms with E-state index in [9.17, 15) is 9.59 Å². The molecular weight excluding hydrogens is 683 g/mol. The maximum Gasteiger partial charge on any atom is 0.308 e. The van der Waals surface area contributed by atoms with Crippen LogP contribution in [-0.2, 0) is 37.9 Å². The van der Waals surface area contributed by atoms with Gasteiger partial charge >= 0.3 is 5.97 Å². The lowest BCUT2D eigenvalue weighted by molar-refractivity contribution is -0.688. The van der Waals surface area contributed by atoms with Crippen molar-refractivity contribution in [3.63, 3.8) is 0 Å². The number of hydrogen-bond donors (Lipinski definition) is 0. The van der Waals surface area contributed by atoms with Gasteiger partial charge in [-0.3, -0.25) is 9.59 Å². The van der Waals surface area contributed by atoms with Crippen LogP contribution in [0.25, 0.3) is 0 Å². The van der Waals surface area contributed by atoms with Gasteiger partial charge < -0.3 is 33.5 Å². The van der Waals surface area contributed by atoms with E-state index in [1.54, 1.807) is 25.1 Å². The van der Waals surface area contributed by atoms with Gasteiger partial charge in [0.2, 0.25) is 18.0 Å². The second kappa shape index (κ2) is 15.7. The zero-order valence-electron chi connectivity index (χ0n) is 28.3. The third kappa shape index (κ3) is 8.53. The van der Waals surface area contributed by atoms with Crippen molar-refractivity contribution >= 4 is 40.8 Å². The maximum absolute atomic E-state index is 11.7. The van der Waals surface area contributed by atoms with E-state index >= 15 is 0 Å². The molecule has 2 aliphatic rings. The number of hydrogen-bond acceptors (Lipinski definition) is 8. The van der Waals surface area contributed by atoms with E-state index in [1.807, 2.05) is 63.1 Å². The van der Waals surface area contributed by atoms with Crippen molar-refractivity contribution in [2.24, 2.45) is 0 Å². The summed E-state index contributed by atoms with van der Waals surface area (Å²) in [6.07, 6.45) is 6.25. The molecule has 2 atom stereocenters. The number of carbonyl (C=O) groups is 2. The summed E-state index contributed by atoms with van der Waals surface area (Å²) in [6, 6.07) is 18.8. The van der Waals surface area contributed by atoms with Gasteiger partial charge in [0.15, 0.2) is 11.5 Å². The minimum absolute atomic E-state index is 0.121. The molecule has 3 aromatic carbocycles. The lowest BCUT2D eigenvalue weighted by atomic mass is 10.1. The molecule has 2 aliphatic heterocycles. The zero-order chi connectivity index (χ0) is 35.3. The van der Waals surface area contributed by atoms with E-state index in [0.717, 1.165) is 43.2 Å². The molecule has 0 aliphatic carbocycles. The van der Waals surface area contributed by atoms with Gasteiger partial charge in [0.25, 0.3) is 0 Å². The predicted molar refractivity (Wildman–Crippen MR) is 188 cm³/mol. The van der Waals surface area contributed by atoms with Gasteiger partial charge in [-0.1, -0.05) is 35.3 Å². The van der Waals surface area contributed by atoms with Crippen molar-refractivity contribution < 1.29 is 37.8 Å². The van der Waals surface area contributed by atoms with Crippen molar-refractivity contribution in [2.75, 3.05) is 51.4 Å². The van der Waals surface area contributed by atoms with E-state index in [4.69, 9.17) is 46.9 Å². The number of aromatic nitrogens is 2. The number of benzene rings is 3. The Kier molecular flexibility index (Phi) is 11.2. The van der Waals surface area contributed by atoms with Gasteiger partial charge in [0.1, 0.15) is 31.2 Å². The summed E-state index contributed by atoms with van der Waals surface area (Å²) in [7, 11) is 1.54. The highest BCUT2D eigenvalue weighted by Crippen LogP contribution is 2.41. The quantitative estimate of drug-likeness (QED) is 0.108. The smallest absolute Gasteiger partial charge is 0.308 e. The summed E-state index contributed by atoms with van der Waals surface area (Å²) in [5, 5.41) is 0.979. The molecule has 1 aromatic heterocycles. The Labute approximate surface area is 301 Å². The first-order chi connectivity index (χ1) is 24.1. The van der Waals surface area contributed by atoms with Gasteiger partial charge in [-0.25, -0.2) is 9.13 Å². The third-order valence-electron chi connectivity index (χ3n) is 8.82. The fourth-order valence-corrected chi connectivity index (χ4v) is 6.83. The highest BCUT2D eigenvalue weighted by atomic mass is 35.5. The first-order valence-corrected chi connectivity index (χ1v) is 17.3. The lowest BCUT2D eigenvalue weighted by Crippen LogP contribution is -2.48. The molecule has 264 valence electrons. The Morgan fingerprint density at radius 1 is 0.980 bits per heavy atom. The predicted octanol–water partition coefficient (Wildman–Crippen LogP) is 5.47. The molecule has 0 N–H and O–H groups in total. The molecule has 50 heavy (non-hydrogen) atoms. The molecule has 0 spiro atoms. The first-order valence-electron chi connectivity index (χ1n) is 16.5. The molecule has 1 amide bonds. The molecule has 4 aromatic rings. The Morgan fingerprint density at radius 2 is 1.76 bits per heavy atom. The number of amides is 1. The number of halogens is 2. The number of carbonyl (C=O) groups excluding carboxylic acids is 2. The summed E-state index contributed by atoms with van der Waals surface area (Å²) in [5.41, 5.74) is 2.77. The van der Waals surface area contributed by atoms with Crippen molar-refractivity contribution in [1.29, 1.82) is 0 Å². The number of ether oxygens (including phenoxy) is 5. The van der Waals surface area contributed by atoms with Gasteiger partial charge in [-0.15, -0.1) is 0 Å². The van der Waals surface area contributed by atoms with Crippen molar-refractivity contribution in [2.45, 2.75) is 45.2 Å². The molecule has 0 saturated carbocycles. The lowest BCUT2D eigenvalue weighted by Gasteiger charge is -2.35. The standard InChI is InChI=1S/C37H41Cl2N4O7/c1-26(44)42-15-17-43(18-16-42)30-6-8-31(9-7-30)47-19-12-32-23-48-37(50-32,33-10-5-29(38)21-34(33)39)24-41-14-13-40(25-41)22-28-4-11-35(49-27(2)45)36(20-28)46-3/h4-11,13-14,20-21,25,32H,12,15-19,22-24H2,1-3H3/q+1/t32-,37-/m0/s1. The van der Waals surface area contributed by atoms with Crippen LogP contribution in [0.3, 0.4) is 0 Å². The summed E-state index contributed by atoms with van der Waals surface area (Å²) in [4.78, 5) is 27.2. The van der Waals surface area contributed by atoms with Gasteiger partial charge in [0, 0.05) is 62.7 Å². The van der Waals surface area contributed by atoms with Crippen LogP contribution >= 0.6 is 23.2 Å². The van der Waals surface area contributed by atoms with E-state index in [1.165, 1.54) is 14.0 Å². The number of esters is 1. The average Bonchev–Trinajstić information content (AvgIpc) is 3.72. The number of nitrogens with zero attached hydrogens (tertiary/aromatic N) is 4. The van der Waals surface area contributed by atoms with Gasteiger partial charge in [-0.2, -0.15) is 0 Å². The molecule has 13 heteroatoms. The van der Waals surface area contributed by atoms with Crippen molar-refractivity contribution in [1.82, 2.24) is 9.47 Å². The summed E-state index contributed by atoms with van der Waals surface area (Å²) in [6.45, 7) is 7.75. The fraction of sp³-hybridized carbons (Fsp3) is 0.378. The number of imidazole rings is 1. The molecule has 2 fully saturated rings. The zero-order valence-corrected chi connectivity index (χ0v) is 29.9. The summed E-state index contributed by atoms with van der Waals surface area (Å²) in [5.74, 6) is 0.195. The van der Waals surface area contributed by atoms with Crippen LogP contribution in [-0.4, -0.2) is 74.0 Å². The molecule has 3 heterocycles. The molecule has 11 nitrogen and oxygen atoms in total. The van der Waals surface area contributed by atoms with Gasteiger partial charge in [0.05, 0.1) is 31.5 Å². The average molecular weight is 725 g/mol. The van der Waals surface area contributed by atoms with Gasteiger partial charge in [-0.05, 0) is 54.1 Å². The summed E-state index contributed by atoms with van der Waals surface area (Å²) < 4.78 is 33.9. The van der Waals surface area contributed by atoms with E-state index in [0.29, 0.717) is 59.8 Å². The van der Waals surface area contributed by atoms with Crippen molar-refractivity contribution in [3.8, 4) is 17.2 Å². The molecule has 0 bridgehead atoms. The maximum atomic E-state index is 11.7. The normalized spacial score (nSPS) is 19.0. The van der Waals surface area contributed by atoms with E-state index in [-0.39, 0.29) is 12.0 Å². The van der Waals surface area contributed by atoms with Crippen LogP contribution in [0.15, 0.2) is 79.4 Å². The Hall–Kier alpha value is -4.29. The Bertz CT molecular complexity index is 1810. The Balaban J connectivity index is 1.09. The number of anilines is 1. The summed E-state index contributed by atoms with van der Waals surface area (Å²) >= 11 is 13.0. The second-order valence-corrected chi connectivity index (χ2v) is 13.2. The Morgan fingerprint density at radius 3 is 2.46 bits per heavy atom.